The fourth-order valence-corrected chi connectivity index (χ4v) is 3.28. The van der Waals surface area contributed by atoms with Gasteiger partial charge < -0.3 is 9.67 Å². The minimum Gasteiger partial charge on any atom is -0.477 e. The van der Waals surface area contributed by atoms with Crippen LogP contribution in [0.4, 0.5) is 5.69 Å². The maximum absolute atomic E-state index is 12.6. The lowest BCUT2D eigenvalue weighted by molar-refractivity contribution is 0.0694. The summed E-state index contributed by atoms with van der Waals surface area (Å²) < 4.78 is 1.77. The zero-order valence-electron chi connectivity index (χ0n) is 15.6. The van der Waals surface area contributed by atoms with Crippen molar-refractivity contribution in [3.63, 3.8) is 0 Å². The molecular weight excluding hydrogens is 344 g/mol. The smallest absolute Gasteiger partial charge is 0.341 e. The average molecular weight is 364 g/mol. The average Bonchev–Trinajstić information content (AvgIpc) is 2.93. The van der Waals surface area contributed by atoms with Crippen LogP contribution in [0.25, 0.3) is 15.7 Å². The summed E-state index contributed by atoms with van der Waals surface area (Å²) in [7, 11) is 0. The highest BCUT2D eigenvalue weighted by Crippen LogP contribution is 2.30. The second-order valence-electron chi connectivity index (χ2n) is 6.88. The standard InChI is InChI=1S/C20H20N4O3/c1-10(2)24-9-16(20(26)27)19(25)15-8-17(21-5)13(7-18(15)24)6-14-11(3)22-23-12(14)4/h7-10H,6H2,1-4H3,(H,22,23)(H,26,27). The Morgan fingerprint density at radius 1 is 1.37 bits per heavy atom. The predicted molar refractivity (Wildman–Crippen MR) is 103 cm³/mol. The molecule has 3 rings (SSSR count). The lowest BCUT2D eigenvalue weighted by atomic mass is 9.99. The maximum atomic E-state index is 12.6. The summed E-state index contributed by atoms with van der Waals surface area (Å²) in [5, 5.41) is 16.8. The largest absolute Gasteiger partial charge is 0.477 e. The van der Waals surface area contributed by atoms with Gasteiger partial charge in [-0.25, -0.2) is 9.64 Å². The molecule has 0 spiro atoms. The zero-order valence-corrected chi connectivity index (χ0v) is 15.6. The number of aromatic amines is 1. The molecule has 138 valence electrons. The number of carbonyl (C=O) groups is 1. The van der Waals surface area contributed by atoms with Gasteiger partial charge in [-0.3, -0.25) is 9.89 Å². The van der Waals surface area contributed by atoms with Gasteiger partial charge in [-0.1, -0.05) is 0 Å². The summed E-state index contributed by atoms with van der Waals surface area (Å²) in [6, 6.07) is 3.28. The van der Waals surface area contributed by atoms with Gasteiger partial charge in [0, 0.05) is 28.8 Å². The Morgan fingerprint density at radius 3 is 2.59 bits per heavy atom. The highest BCUT2D eigenvalue weighted by Gasteiger charge is 2.19. The molecule has 0 aliphatic heterocycles. The van der Waals surface area contributed by atoms with Crippen molar-refractivity contribution in [3.05, 3.63) is 68.0 Å². The molecule has 0 radical (unpaired) electrons. The first-order valence-corrected chi connectivity index (χ1v) is 8.57. The van der Waals surface area contributed by atoms with Crippen molar-refractivity contribution < 1.29 is 9.90 Å². The number of pyridine rings is 1. The zero-order chi connectivity index (χ0) is 19.9. The van der Waals surface area contributed by atoms with E-state index in [-0.39, 0.29) is 17.0 Å². The predicted octanol–water partition coefficient (Wildman–Crippen LogP) is 3.76. The third-order valence-corrected chi connectivity index (χ3v) is 4.79. The van der Waals surface area contributed by atoms with Gasteiger partial charge in [-0.15, -0.1) is 0 Å². The topological polar surface area (TPSA) is 92.3 Å². The lowest BCUT2D eigenvalue weighted by Gasteiger charge is -2.17. The molecule has 1 aromatic carbocycles. The Labute approximate surface area is 156 Å². The van der Waals surface area contributed by atoms with Crippen LogP contribution < -0.4 is 5.43 Å². The number of carboxylic acids is 1. The molecule has 2 heterocycles. The Kier molecular flexibility index (Phi) is 4.58. The molecule has 3 aromatic rings. The highest BCUT2D eigenvalue weighted by molar-refractivity contribution is 5.94. The van der Waals surface area contributed by atoms with Crippen molar-refractivity contribution in [2.24, 2.45) is 0 Å². The monoisotopic (exact) mass is 364 g/mol. The molecule has 0 aliphatic carbocycles. The van der Waals surface area contributed by atoms with E-state index in [1.807, 2.05) is 33.8 Å². The van der Waals surface area contributed by atoms with Gasteiger partial charge in [0.25, 0.3) is 0 Å². The summed E-state index contributed by atoms with van der Waals surface area (Å²) >= 11 is 0. The van der Waals surface area contributed by atoms with Crippen LogP contribution in [0.5, 0.6) is 0 Å². The van der Waals surface area contributed by atoms with E-state index in [1.54, 1.807) is 4.57 Å². The summed E-state index contributed by atoms with van der Waals surface area (Å²) in [4.78, 5) is 27.7. The highest BCUT2D eigenvalue weighted by atomic mass is 16.4. The first kappa shape index (κ1) is 18.4. The summed E-state index contributed by atoms with van der Waals surface area (Å²) in [6.07, 6.45) is 1.89. The second kappa shape index (κ2) is 6.72. The van der Waals surface area contributed by atoms with E-state index in [2.05, 4.69) is 15.0 Å². The number of H-pyrrole nitrogens is 1. The van der Waals surface area contributed by atoms with Crippen LogP contribution in [0.15, 0.2) is 23.1 Å². The van der Waals surface area contributed by atoms with Crippen LogP contribution in [-0.2, 0) is 6.42 Å². The number of aromatic nitrogens is 3. The normalized spacial score (nSPS) is 11.1. The number of aryl methyl sites for hydroxylation is 2. The Bertz CT molecular complexity index is 1140. The van der Waals surface area contributed by atoms with Gasteiger partial charge in [-0.2, -0.15) is 5.10 Å². The van der Waals surface area contributed by atoms with E-state index >= 15 is 0 Å². The van der Waals surface area contributed by atoms with E-state index in [0.29, 0.717) is 17.6 Å². The molecule has 7 nitrogen and oxygen atoms in total. The van der Waals surface area contributed by atoms with E-state index in [9.17, 15) is 14.7 Å². The summed E-state index contributed by atoms with van der Waals surface area (Å²) in [6.45, 7) is 15.2. The minimum absolute atomic E-state index is 0.0461. The van der Waals surface area contributed by atoms with Crippen LogP contribution in [0, 0.1) is 20.4 Å². The Morgan fingerprint density at radius 2 is 2.07 bits per heavy atom. The number of aromatic carboxylic acids is 1. The van der Waals surface area contributed by atoms with E-state index in [0.717, 1.165) is 22.5 Å². The lowest BCUT2D eigenvalue weighted by Crippen LogP contribution is -2.20. The molecular formula is C20H20N4O3. The fourth-order valence-electron chi connectivity index (χ4n) is 3.28. The Balaban J connectivity index is 2.33. The van der Waals surface area contributed by atoms with Gasteiger partial charge in [0.1, 0.15) is 5.56 Å². The van der Waals surface area contributed by atoms with Crippen molar-refractivity contribution in [2.75, 3.05) is 0 Å². The minimum atomic E-state index is -1.27. The number of rotatable bonds is 4. The SMILES string of the molecule is [C-]#[N+]c1cc2c(=O)c(C(=O)O)cn(C(C)C)c2cc1Cc1c(C)n[nH]c1C. The molecule has 0 bridgehead atoms. The van der Waals surface area contributed by atoms with Crippen molar-refractivity contribution in [3.8, 4) is 0 Å². The number of hydrogen-bond acceptors (Lipinski definition) is 3. The van der Waals surface area contributed by atoms with Crippen LogP contribution >= 0.6 is 0 Å². The quantitative estimate of drug-likeness (QED) is 0.690. The van der Waals surface area contributed by atoms with Gasteiger partial charge in [0.05, 0.1) is 12.3 Å². The molecule has 0 saturated heterocycles. The fraction of sp³-hybridized carbons (Fsp3) is 0.300. The third-order valence-electron chi connectivity index (χ3n) is 4.79. The number of nitrogens with zero attached hydrogens (tertiary/aromatic N) is 3. The molecule has 27 heavy (non-hydrogen) atoms. The van der Waals surface area contributed by atoms with Crippen molar-refractivity contribution in [1.29, 1.82) is 0 Å². The molecule has 0 unspecified atom stereocenters. The maximum Gasteiger partial charge on any atom is 0.341 e. The van der Waals surface area contributed by atoms with E-state index < -0.39 is 11.4 Å². The first-order valence-electron chi connectivity index (χ1n) is 8.57. The van der Waals surface area contributed by atoms with Gasteiger partial charge in [0.2, 0.25) is 5.43 Å². The molecule has 2 aromatic heterocycles. The molecule has 0 aliphatic rings. The third kappa shape index (κ3) is 3.10. The summed E-state index contributed by atoms with van der Waals surface area (Å²) in [5.74, 6) is -1.27. The first-order chi connectivity index (χ1) is 12.7. The number of fused-ring (bicyclic) bond motifs is 1. The van der Waals surface area contributed by atoms with Crippen LogP contribution in [-0.4, -0.2) is 25.8 Å². The molecule has 0 fully saturated rings. The Hall–Kier alpha value is -3.40. The molecule has 7 heteroatoms. The molecule has 0 amide bonds. The van der Waals surface area contributed by atoms with Crippen LogP contribution in [0.2, 0.25) is 0 Å². The number of nitrogens with one attached hydrogen (secondary N) is 1. The van der Waals surface area contributed by atoms with E-state index in [4.69, 9.17) is 6.57 Å². The van der Waals surface area contributed by atoms with Gasteiger partial charge in [-0.05, 0) is 57.4 Å². The van der Waals surface area contributed by atoms with Crippen LogP contribution in [0.1, 0.15) is 52.8 Å². The van der Waals surface area contributed by atoms with Gasteiger partial charge in [0.15, 0.2) is 5.69 Å². The van der Waals surface area contributed by atoms with E-state index in [1.165, 1.54) is 12.3 Å². The second-order valence-corrected chi connectivity index (χ2v) is 6.88. The van der Waals surface area contributed by atoms with Crippen LogP contribution in [0.3, 0.4) is 0 Å². The van der Waals surface area contributed by atoms with Gasteiger partial charge >= 0.3 is 5.97 Å². The number of benzene rings is 1. The number of hydrogen-bond donors (Lipinski definition) is 2. The molecule has 0 atom stereocenters. The van der Waals surface area contributed by atoms with Crippen molar-refractivity contribution >= 4 is 22.6 Å². The summed E-state index contributed by atoms with van der Waals surface area (Å²) in [5.41, 5.74) is 3.71. The number of carboxylic acid groups (broad SMARTS) is 1. The molecule has 2 N–H and O–H groups in total. The van der Waals surface area contributed by atoms with Crippen molar-refractivity contribution in [2.45, 2.75) is 40.2 Å². The molecule has 0 saturated carbocycles. The van der Waals surface area contributed by atoms with Crippen molar-refractivity contribution in [1.82, 2.24) is 14.8 Å².